The van der Waals surface area contributed by atoms with Crippen molar-refractivity contribution < 1.29 is 18.9 Å². The third-order valence-electron chi connectivity index (χ3n) is 2.72. The van der Waals surface area contributed by atoms with Crippen LogP contribution in [0, 0.1) is 6.92 Å². The first-order chi connectivity index (χ1) is 9.36. The second kappa shape index (κ2) is 9.10. The van der Waals surface area contributed by atoms with E-state index < -0.39 is 0 Å². The summed E-state index contributed by atoms with van der Waals surface area (Å²) in [5.41, 5.74) is 3.62. The van der Waals surface area contributed by atoms with Crippen LogP contribution in [0.2, 0.25) is 0 Å². The number of benzene rings is 3. The van der Waals surface area contributed by atoms with Crippen LogP contribution in [-0.2, 0) is 0 Å². The average Bonchev–Trinajstić information content (AvgIpc) is 2.51. The summed E-state index contributed by atoms with van der Waals surface area (Å²) < 4.78 is 0. The fraction of sp³-hybridized carbons (Fsp3) is 0. The SMILES string of the molecule is [CH2-]c1ccccc1.[Li+].c1ccc(-c2ccccc2)cc1. The first-order valence-corrected chi connectivity index (χ1v) is 6.34. The number of hydrogen-bond acceptors (Lipinski definition) is 0. The van der Waals surface area contributed by atoms with Gasteiger partial charge in [0.05, 0.1) is 0 Å². The minimum atomic E-state index is 0. The fourth-order valence-electron chi connectivity index (χ4n) is 1.74. The predicted molar refractivity (Wildman–Crippen MR) is 82.8 cm³/mol. The second-order valence-corrected chi connectivity index (χ2v) is 4.22. The van der Waals surface area contributed by atoms with Gasteiger partial charge in [-0.05, 0) is 11.1 Å². The van der Waals surface area contributed by atoms with Gasteiger partial charge in [0.25, 0.3) is 0 Å². The molecule has 0 bridgehead atoms. The Balaban J connectivity index is 0.000000216. The van der Waals surface area contributed by atoms with Crippen LogP contribution < -0.4 is 18.9 Å². The number of rotatable bonds is 1. The predicted octanol–water partition coefficient (Wildman–Crippen LogP) is 2.23. The molecule has 0 aromatic heterocycles. The summed E-state index contributed by atoms with van der Waals surface area (Å²) in [6.45, 7) is 3.72. The van der Waals surface area contributed by atoms with E-state index in [1.54, 1.807) is 0 Å². The Morgan fingerprint density at radius 2 is 0.750 bits per heavy atom. The van der Waals surface area contributed by atoms with E-state index in [4.69, 9.17) is 0 Å². The quantitative estimate of drug-likeness (QED) is 0.460. The molecule has 0 aliphatic heterocycles. The molecular formula is C19H17Li. The van der Waals surface area contributed by atoms with Gasteiger partial charge in [0.15, 0.2) is 0 Å². The minimum absolute atomic E-state index is 0. The van der Waals surface area contributed by atoms with E-state index in [-0.39, 0.29) is 18.9 Å². The van der Waals surface area contributed by atoms with Crippen molar-refractivity contribution in [1.82, 2.24) is 0 Å². The van der Waals surface area contributed by atoms with Crippen molar-refractivity contribution in [3.8, 4) is 11.1 Å². The maximum atomic E-state index is 3.72. The molecule has 0 aliphatic rings. The van der Waals surface area contributed by atoms with Crippen molar-refractivity contribution in [1.29, 1.82) is 0 Å². The summed E-state index contributed by atoms with van der Waals surface area (Å²) in [6, 6.07) is 30.7. The molecule has 0 amide bonds. The fourth-order valence-corrected chi connectivity index (χ4v) is 1.74. The molecule has 0 saturated heterocycles. The van der Waals surface area contributed by atoms with Crippen LogP contribution in [0.25, 0.3) is 11.1 Å². The van der Waals surface area contributed by atoms with E-state index in [0.717, 1.165) is 5.56 Å². The van der Waals surface area contributed by atoms with Crippen LogP contribution >= 0.6 is 0 Å². The molecule has 0 N–H and O–H groups in total. The molecule has 0 nitrogen and oxygen atoms in total. The summed E-state index contributed by atoms with van der Waals surface area (Å²) >= 11 is 0. The van der Waals surface area contributed by atoms with Gasteiger partial charge < -0.3 is 0 Å². The zero-order valence-corrected chi connectivity index (χ0v) is 11.9. The van der Waals surface area contributed by atoms with Gasteiger partial charge in [-0.3, -0.25) is 0 Å². The van der Waals surface area contributed by atoms with Crippen LogP contribution in [0.3, 0.4) is 0 Å². The van der Waals surface area contributed by atoms with Crippen LogP contribution in [-0.4, -0.2) is 0 Å². The van der Waals surface area contributed by atoms with Gasteiger partial charge in [0, 0.05) is 0 Å². The van der Waals surface area contributed by atoms with Crippen LogP contribution in [0.5, 0.6) is 0 Å². The second-order valence-electron chi connectivity index (χ2n) is 4.22. The first kappa shape index (κ1) is 16.2. The topological polar surface area (TPSA) is 0 Å². The van der Waals surface area contributed by atoms with Crippen molar-refractivity contribution in [2.45, 2.75) is 0 Å². The summed E-state index contributed by atoms with van der Waals surface area (Å²) in [4.78, 5) is 0. The molecule has 0 spiro atoms. The summed E-state index contributed by atoms with van der Waals surface area (Å²) in [5, 5.41) is 0. The zero-order valence-electron chi connectivity index (χ0n) is 11.9. The van der Waals surface area contributed by atoms with Gasteiger partial charge in [0.1, 0.15) is 0 Å². The molecule has 3 aromatic carbocycles. The molecule has 0 saturated carbocycles. The Hall–Kier alpha value is -1.87. The summed E-state index contributed by atoms with van der Waals surface area (Å²) in [7, 11) is 0. The zero-order chi connectivity index (χ0) is 13.3. The Bertz CT molecular complexity index is 536. The summed E-state index contributed by atoms with van der Waals surface area (Å²) in [5.74, 6) is 0. The molecule has 0 radical (unpaired) electrons. The van der Waals surface area contributed by atoms with E-state index in [1.165, 1.54) is 11.1 Å². The molecular weight excluding hydrogens is 235 g/mol. The van der Waals surface area contributed by atoms with Crippen LogP contribution in [0.4, 0.5) is 0 Å². The van der Waals surface area contributed by atoms with Gasteiger partial charge in [-0.25, -0.2) is 0 Å². The Kier molecular flexibility index (Phi) is 7.36. The van der Waals surface area contributed by atoms with Crippen molar-refractivity contribution in [2.24, 2.45) is 0 Å². The van der Waals surface area contributed by atoms with Crippen molar-refractivity contribution in [3.63, 3.8) is 0 Å². The Morgan fingerprint density at radius 1 is 0.450 bits per heavy atom. The molecule has 1 heteroatoms. The van der Waals surface area contributed by atoms with Crippen molar-refractivity contribution in [3.05, 3.63) is 103 Å². The van der Waals surface area contributed by atoms with Crippen LogP contribution in [0.15, 0.2) is 91.0 Å². The Labute approximate surface area is 133 Å². The molecule has 3 aromatic rings. The van der Waals surface area contributed by atoms with E-state index in [0.29, 0.717) is 0 Å². The molecule has 0 fully saturated rings. The summed E-state index contributed by atoms with van der Waals surface area (Å²) in [6.07, 6.45) is 0. The van der Waals surface area contributed by atoms with Gasteiger partial charge in [-0.2, -0.15) is 24.6 Å². The maximum absolute atomic E-state index is 3.72. The van der Waals surface area contributed by atoms with Gasteiger partial charge in [0.2, 0.25) is 0 Å². The molecule has 0 aliphatic carbocycles. The smallest absolute Gasteiger partial charge is 0.199 e. The third-order valence-corrected chi connectivity index (χ3v) is 2.72. The van der Waals surface area contributed by atoms with E-state index in [2.05, 4.69) is 55.5 Å². The molecule has 0 atom stereocenters. The van der Waals surface area contributed by atoms with E-state index in [9.17, 15) is 0 Å². The van der Waals surface area contributed by atoms with Crippen LogP contribution in [0.1, 0.15) is 5.56 Å². The molecule has 94 valence electrons. The first-order valence-electron chi connectivity index (χ1n) is 6.34. The standard InChI is InChI=1S/C12H10.C7H7.Li/c1-3-7-11(8-4-1)12-9-5-2-6-10-12;1-7-5-3-2-4-6-7;/h1-10H;2-6H,1H2;/q;-1;+1. The van der Waals surface area contributed by atoms with Crippen molar-refractivity contribution in [2.75, 3.05) is 0 Å². The monoisotopic (exact) mass is 252 g/mol. The molecule has 0 unspecified atom stereocenters. The van der Waals surface area contributed by atoms with Gasteiger partial charge >= 0.3 is 18.9 Å². The third kappa shape index (κ3) is 5.41. The molecule has 3 rings (SSSR count). The minimum Gasteiger partial charge on any atom is -0.199 e. The largest absolute Gasteiger partial charge is 1.00 e. The number of hydrogen-bond donors (Lipinski definition) is 0. The average molecular weight is 252 g/mol. The Morgan fingerprint density at radius 3 is 1.00 bits per heavy atom. The normalized spacial score (nSPS) is 8.80. The van der Waals surface area contributed by atoms with Gasteiger partial charge in [-0.1, -0.05) is 66.7 Å². The van der Waals surface area contributed by atoms with Crippen molar-refractivity contribution >= 4 is 0 Å². The maximum Gasteiger partial charge on any atom is 1.00 e. The van der Waals surface area contributed by atoms with Gasteiger partial charge in [-0.15, -0.1) is 12.1 Å². The van der Waals surface area contributed by atoms with E-state index in [1.807, 2.05) is 42.5 Å². The van der Waals surface area contributed by atoms with E-state index >= 15 is 0 Å². The molecule has 20 heavy (non-hydrogen) atoms. The molecule has 0 heterocycles.